The number of rotatable bonds is 6. The average molecular weight is 431 g/mol. The highest BCUT2D eigenvalue weighted by molar-refractivity contribution is 6.33. The smallest absolute Gasteiger partial charge is 0.342 e. The van der Waals surface area contributed by atoms with Crippen molar-refractivity contribution in [1.29, 1.82) is 0 Å². The lowest BCUT2D eigenvalue weighted by Crippen LogP contribution is -2.43. The first-order valence-electron chi connectivity index (χ1n) is 9.07. The number of carbonyl (C=O) groups excluding carboxylic acids is 3. The Morgan fingerprint density at radius 3 is 2.60 bits per heavy atom. The molecular weight excluding hydrogens is 412 g/mol. The quantitative estimate of drug-likeness (QED) is 0.458. The Morgan fingerprint density at radius 2 is 1.87 bits per heavy atom. The van der Waals surface area contributed by atoms with E-state index in [-0.39, 0.29) is 23.8 Å². The molecule has 0 spiro atoms. The average Bonchev–Trinajstić information content (AvgIpc) is 3.06. The molecule has 3 aromatic rings. The Bertz CT molecular complexity index is 1110. The molecule has 0 saturated heterocycles. The van der Waals surface area contributed by atoms with Gasteiger partial charge in [0.2, 0.25) is 0 Å². The fourth-order valence-electron chi connectivity index (χ4n) is 2.77. The summed E-state index contributed by atoms with van der Waals surface area (Å²) in [4.78, 5) is 36.2. The summed E-state index contributed by atoms with van der Waals surface area (Å²) in [6, 6.07) is 11.3. The highest BCUT2D eigenvalue weighted by atomic mass is 35.5. The van der Waals surface area contributed by atoms with Crippen LogP contribution in [0.1, 0.15) is 33.4 Å². The van der Waals surface area contributed by atoms with E-state index in [1.807, 2.05) is 0 Å². The number of amides is 2. The zero-order valence-electron chi connectivity index (χ0n) is 16.3. The molecule has 1 aromatic heterocycles. The number of hydrazine groups is 1. The van der Waals surface area contributed by atoms with Crippen molar-refractivity contribution in [3.63, 3.8) is 0 Å². The lowest BCUT2D eigenvalue weighted by atomic mass is 10.1. The number of benzene rings is 2. The molecular formula is C21H19ClN2O6. The Labute approximate surface area is 177 Å². The van der Waals surface area contributed by atoms with E-state index < -0.39 is 17.8 Å². The van der Waals surface area contributed by atoms with E-state index in [4.69, 9.17) is 25.5 Å². The van der Waals surface area contributed by atoms with E-state index in [9.17, 15) is 14.4 Å². The van der Waals surface area contributed by atoms with Gasteiger partial charge in [0, 0.05) is 5.39 Å². The summed E-state index contributed by atoms with van der Waals surface area (Å²) < 4.78 is 16.1. The number of furan rings is 1. The van der Waals surface area contributed by atoms with Gasteiger partial charge in [0.1, 0.15) is 22.7 Å². The molecule has 9 heteroatoms. The van der Waals surface area contributed by atoms with Gasteiger partial charge in [0.15, 0.2) is 6.61 Å². The van der Waals surface area contributed by atoms with Gasteiger partial charge in [0.25, 0.3) is 11.8 Å². The topological polar surface area (TPSA) is 107 Å². The summed E-state index contributed by atoms with van der Waals surface area (Å²) in [6.45, 7) is 3.26. The van der Waals surface area contributed by atoms with Crippen molar-refractivity contribution in [2.45, 2.75) is 13.8 Å². The van der Waals surface area contributed by atoms with Crippen molar-refractivity contribution in [3.8, 4) is 5.75 Å². The predicted molar refractivity (Wildman–Crippen MR) is 109 cm³/mol. The maximum Gasteiger partial charge on any atom is 0.342 e. The first-order chi connectivity index (χ1) is 14.4. The molecule has 0 atom stereocenters. The molecule has 2 amide bonds. The second kappa shape index (κ2) is 9.32. The van der Waals surface area contributed by atoms with Crippen molar-refractivity contribution >= 4 is 40.4 Å². The largest absolute Gasteiger partial charge is 0.484 e. The van der Waals surface area contributed by atoms with Crippen molar-refractivity contribution in [1.82, 2.24) is 10.9 Å². The second-order valence-electron chi connectivity index (χ2n) is 6.18. The highest BCUT2D eigenvalue weighted by Gasteiger charge is 2.20. The van der Waals surface area contributed by atoms with Crippen LogP contribution in [0.2, 0.25) is 5.02 Å². The van der Waals surface area contributed by atoms with Gasteiger partial charge in [-0.3, -0.25) is 20.4 Å². The first-order valence-corrected chi connectivity index (χ1v) is 9.45. The number of hydrogen-bond donors (Lipinski definition) is 2. The van der Waals surface area contributed by atoms with Gasteiger partial charge >= 0.3 is 5.97 Å². The van der Waals surface area contributed by atoms with Gasteiger partial charge in [-0.2, -0.15) is 0 Å². The molecule has 0 unspecified atom stereocenters. The van der Waals surface area contributed by atoms with Crippen LogP contribution in [0.3, 0.4) is 0 Å². The van der Waals surface area contributed by atoms with Crippen LogP contribution in [0.5, 0.6) is 5.75 Å². The Balaban J connectivity index is 1.62. The van der Waals surface area contributed by atoms with Crippen LogP contribution in [0.4, 0.5) is 0 Å². The third-order valence-corrected chi connectivity index (χ3v) is 4.45. The van der Waals surface area contributed by atoms with Gasteiger partial charge in [-0.25, -0.2) is 4.79 Å². The van der Waals surface area contributed by atoms with Gasteiger partial charge in [-0.15, -0.1) is 0 Å². The molecule has 0 fully saturated rings. The van der Waals surface area contributed by atoms with Crippen molar-refractivity contribution in [2.75, 3.05) is 13.2 Å². The number of aryl methyl sites for hydroxylation is 1. The third-order valence-electron chi connectivity index (χ3n) is 4.12. The van der Waals surface area contributed by atoms with Crippen LogP contribution in [0, 0.1) is 6.92 Å². The summed E-state index contributed by atoms with van der Waals surface area (Å²) in [5.41, 5.74) is 5.56. The van der Waals surface area contributed by atoms with E-state index in [0.29, 0.717) is 28.0 Å². The summed E-state index contributed by atoms with van der Waals surface area (Å²) in [5.74, 6) is -0.846. The predicted octanol–water partition coefficient (Wildman–Crippen LogP) is 3.41. The maximum atomic E-state index is 12.2. The first kappa shape index (κ1) is 21.2. The molecule has 3 rings (SSSR count). The number of fused-ring (bicyclic) bond motifs is 1. The Hall–Kier alpha value is -3.52. The van der Waals surface area contributed by atoms with E-state index in [0.717, 1.165) is 0 Å². The lowest BCUT2D eigenvalue weighted by Gasteiger charge is -2.09. The fourth-order valence-corrected chi connectivity index (χ4v) is 2.99. The number of halogens is 1. The number of carbonyl (C=O) groups is 3. The van der Waals surface area contributed by atoms with Crippen LogP contribution in [0.15, 0.2) is 46.9 Å². The summed E-state index contributed by atoms with van der Waals surface area (Å²) >= 11 is 5.94. The number of ether oxygens (including phenoxy) is 2. The van der Waals surface area contributed by atoms with Crippen LogP contribution in [0.25, 0.3) is 11.0 Å². The lowest BCUT2D eigenvalue weighted by molar-refractivity contribution is -0.123. The van der Waals surface area contributed by atoms with E-state index in [1.165, 1.54) is 6.07 Å². The highest BCUT2D eigenvalue weighted by Crippen LogP contribution is 2.29. The molecule has 0 aliphatic rings. The van der Waals surface area contributed by atoms with Crippen molar-refractivity contribution < 1.29 is 28.3 Å². The summed E-state index contributed by atoms with van der Waals surface area (Å²) in [7, 11) is 0. The van der Waals surface area contributed by atoms with Gasteiger partial charge in [0.05, 0.1) is 17.2 Å². The van der Waals surface area contributed by atoms with Crippen LogP contribution < -0.4 is 15.6 Å². The molecule has 2 aromatic carbocycles. The van der Waals surface area contributed by atoms with Crippen molar-refractivity contribution in [3.05, 3.63) is 64.4 Å². The Kier molecular flexibility index (Phi) is 6.58. The summed E-state index contributed by atoms with van der Waals surface area (Å²) in [6.07, 6.45) is 0. The molecule has 1 heterocycles. The van der Waals surface area contributed by atoms with Gasteiger partial charge in [-0.05, 0) is 44.2 Å². The summed E-state index contributed by atoms with van der Waals surface area (Å²) in [5, 5.41) is 0.789. The van der Waals surface area contributed by atoms with Crippen LogP contribution >= 0.6 is 11.6 Å². The molecule has 0 saturated carbocycles. The normalized spacial score (nSPS) is 10.5. The van der Waals surface area contributed by atoms with Crippen LogP contribution in [-0.4, -0.2) is 31.0 Å². The monoisotopic (exact) mass is 430 g/mol. The SMILES string of the molecule is CCOC(=O)c1c(C)oc2ccc(OCC(=O)NNC(=O)c3ccccc3Cl)cc12. The minimum Gasteiger partial charge on any atom is -0.484 e. The molecule has 0 aliphatic heterocycles. The van der Waals surface area contributed by atoms with E-state index >= 15 is 0 Å². The third kappa shape index (κ3) is 4.72. The fraction of sp³-hybridized carbons (Fsp3) is 0.190. The molecule has 0 radical (unpaired) electrons. The number of hydrogen-bond acceptors (Lipinski definition) is 6. The molecule has 156 valence electrons. The minimum absolute atomic E-state index is 0.229. The van der Waals surface area contributed by atoms with Gasteiger partial charge in [-0.1, -0.05) is 23.7 Å². The molecule has 0 aliphatic carbocycles. The van der Waals surface area contributed by atoms with E-state index in [2.05, 4.69) is 10.9 Å². The molecule has 0 bridgehead atoms. The minimum atomic E-state index is -0.579. The molecule has 8 nitrogen and oxygen atoms in total. The second-order valence-corrected chi connectivity index (χ2v) is 6.59. The Morgan fingerprint density at radius 1 is 1.10 bits per heavy atom. The van der Waals surface area contributed by atoms with Crippen LogP contribution in [-0.2, 0) is 9.53 Å². The number of nitrogens with one attached hydrogen (secondary N) is 2. The maximum absolute atomic E-state index is 12.2. The number of esters is 1. The molecule has 2 N–H and O–H groups in total. The standard InChI is InChI=1S/C21H19ClN2O6/c1-3-28-21(27)19-12(2)30-17-9-8-13(10-15(17)19)29-11-18(25)23-24-20(26)14-6-4-5-7-16(14)22/h4-10H,3,11H2,1-2H3,(H,23,25)(H,24,26). The van der Waals surface area contributed by atoms with Gasteiger partial charge < -0.3 is 13.9 Å². The molecule has 30 heavy (non-hydrogen) atoms. The van der Waals surface area contributed by atoms with Crippen molar-refractivity contribution in [2.24, 2.45) is 0 Å². The van der Waals surface area contributed by atoms with E-state index in [1.54, 1.807) is 50.2 Å². The zero-order valence-corrected chi connectivity index (χ0v) is 17.0. The zero-order chi connectivity index (χ0) is 21.7.